The zero-order valence-electron chi connectivity index (χ0n) is 16.8. The van der Waals surface area contributed by atoms with E-state index in [2.05, 4.69) is 26.2 Å². The summed E-state index contributed by atoms with van der Waals surface area (Å²) in [6.07, 6.45) is 0.877. The van der Waals surface area contributed by atoms with Crippen molar-refractivity contribution in [2.24, 2.45) is 0 Å². The van der Waals surface area contributed by atoms with Crippen molar-refractivity contribution in [2.45, 2.75) is 33.6 Å². The van der Waals surface area contributed by atoms with Crippen molar-refractivity contribution in [3.63, 3.8) is 0 Å². The zero-order chi connectivity index (χ0) is 21.8. The number of carbonyl (C=O) groups excluding carboxylic acids is 1. The first-order valence-corrected chi connectivity index (χ1v) is 11.4. The minimum atomic E-state index is -0.293. The predicted molar refractivity (Wildman–Crippen MR) is 124 cm³/mol. The fourth-order valence-corrected chi connectivity index (χ4v) is 4.47. The van der Waals surface area contributed by atoms with Crippen LogP contribution < -0.4 is 10.1 Å². The predicted octanol–water partition coefficient (Wildman–Crippen LogP) is 7.09. The van der Waals surface area contributed by atoms with Crippen molar-refractivity contribution in [2.75, 3.05) is 11.9 Å². The molecule has 30 heavy (non-hydrogen) atoms. The van der Waals surface area contributed by atoms with Crippen molar-refractivity contribution in [1.29, 1.82) is 0 Å². The number of halogens is 3. The number of benzene rings is 2. The number of thiazole rings is 1. The van der Waals surface area contributed by atoms with Crippen molar-refractivity contribution in [3.05, 3.63) is 61.6 Å². The second kappa shape index (κ2) is 9.90. The van der Waals surface area contributed by atoms with Gasteiger partial charge in [-0.15, -0.1) is 11.3 Å². The lowest BCUT2D eigenvalue weighted by atomic mass is 10.1. The van der Waals surface area contributed by atoms with Gasteiger partial charge in [-0.25, -0.2) is 9.37 Å². The molecule has 158 valence electrons. The third kappa shape index (κ3) is 5.39. The van der Waals surface area contributed by atoms with E-state index in [4.69, 9.17) is 16.3 Å². The topological polar surface area (TPSA) is 51.2 Å². The Kier molecular flexibility index (Phi) is 7.50. The zero-order valence-corrected chi connectivity index (χ0v) is 20.0. The molecule has 0 aliphatic heterocycles. The molecule has 1 aromatic heterocycles. The van der Waals surface area contributed by atoms with Crippen LogP contribution in [0.15, 0.2) is 34.8 Å². The van der Waals surface area contributed by atoms with Crippen molar-refractivity contribution in [3.8, 4) is 17.0 Å². The van der Waals surface area contributed by atoms with Crippen LogP contribution in [0.25, 0.3) is 11.3 Å². The van der Waals surface area contributed by atoms with Gasteiger partial charge in [0.25, 0.3) is 0 Å². The molecule has 0 aliphatic rings. The molecule has 0 bridgehead atoms. The number of aromatic nitrogens is 1. The summed E-state index contributed by atoms with van der Waals surface area (Å²) in [5.41, 5.74) is 3.44. The largest absolute Gasteiger partial charge is 0.492 e. The first kappa shape index (κ1) is 22.7. The van der Waals surface area contributed by atoms with Crippen LogP contribution in [-0.2, 0) is 4.79 Å². The lowest BCUT2D eigenvalue weighted by Crippen LogP contribution is -2.12. The van der Waals surface area contributed by atoms with Crippen LogP contribution in [0.4, 0.5) is 9.52 Å². The molecule has 0 unspecified atom stereocenters. The molecule has 0 spiro atoms. The van der Waals surface area contributed by atoms with Gasteiger partial charge < -0.3 is 10.1 Å². The number of anilines is 1. The Bertz CT molecular complexity index is 1070. The van der Waals surface area contributed by atoms with Gasteiger partial charge in [-0.05, 0) is 84.6 Å². The normalized spacial score (nSPS) is 10.9. The van der Waals surface area contributed by atoms with Crippen LogP contribution in [0, 0.1) is 26.6 Å². The lowest BCUT2D eigenvalue weighted by molar-refractivity contribution is -0.116. The number of hydrogen-bond donors (Lipinski definition) is 1. The Morgan fingerprint density at radius 3 is 2.67 bits per heavy atom. The number of rotatable bonds is 7. The lowest BCUT2D eigenvalue weighted by Gasteiger charge is -2.13. The molecule has 3 aromatic rings. The summed E-state index contributed by atoms with van der Waals surface area (Å²) < 4.78 is 19.8. The van der Waals surface area contributed by atoms with E-state index in [1.807, 2.05) is 26.8 Å². The third-order valence-electron chi connectivity index (χ3n) is 4.53. The fourth-order valence-electron chi connectivity index (χ4n) is 2.93. The summed E-state index contributed by atoms with van der Waals surface area (Å²) >= 11 is 11.1. The number of aryl methyl sites for hydroxylation is 2. The molecule has 1 N–H and O–H groups in total. The van der Waals surface area contributed by atoms with Crippen LogP contribution in [0.5, 0.6) is 5.75 Å². The molecule has 4 nitrogen and oxygen atoms in total. The van der Waals surface area contributed by atoms with E-state index in [1.165, 1.54) is 23.5 Å². The van der Waals surface area contributed by atoms with E-state index >= 15 is 0 Å². The molecule has 0 radical (unpaired) electrons. The summed E-state index contributed by atoms with van der Waals surface area (Å²) in [5.74, 6) is 0.299. The maximum absolute atomic E-state index is 13.1. The summed E-state index contributed by atoms with van der Waals surface area (Å²) in [4.78, 5) is 17.7. The molecule has 3 rings (SSSR count). The van der Waals surface area contributed by atoms with E-state index in [-0.39, 0.29) is 11.7 Å². The van der Waals surface area contributed by atoms with E-state index in [9.17, 15) is 9.18 Å². The van der Waals surface area contributed by atoms with Crippen LogP contribution in [0.2, 0.25) is 5.02 Å². The smallest absolute Gasteiger partial charge is 0.226 e. The number of nitrogens with zero attached hydrogens (tertiary/aromatic N) is 1. The van der Waals surface area contributed by atoms with Crippen LogP contribution in [-0.4, -0.2) is 17.5 Å². The Labute approximate surface area is 192 Å². The SMILES string of the molecule is Cc1cc(OCCCC(=O)Nc2nc(-c3ccc(F)cc3)c(C)s2)c(Br)c(C)c1Cl. The standard InChI is InChI=1S/C22H21BrClFN2O2S/c1-12-11-17(19(23)13(2)20(12)24)29-10-4-5-18(28)26-22-27-21(14(3)30-22)15-6-8-16(25)9-7-15/h6-9,11H,4-5,10H2,1-3H3,(H,26,27,28). The number of nitrogens with one attached hydrogen (secondary N) is 1. The summed E-state index contributed by atoms with van der Waals surface area (Å²) in [6, 6.07) is 8.04. The highest BCUT2D eigenvalue weighted by atomic mass is 79.9. The van der Waals surface area contributed by atoms with Gasteiger partial charge in [0.2, 0.25) is 5.91 Å². The highest BCUT2D eigenvalue weighted by Gasteiger charge is 2.13. The van der Waals surface area contributed by atoms with Crippen LogP contribution in [0.1, 0.15) is 28.8 Å². The van der Waals surface area contributed by atoms with Gasteiger partial charge >= 0.3 is 0 Å². The highest BCUT2D eigenvalue weighted by Crippen LogP contribution is 2.36. The van der Waals surface area contributed by atoms with Crippen LogP contribution >= 0.6 is 38.9 Å². The molecular weight excluding hydrogens is 491 g/mol. The van der Waals surface area contributed by atoms with Gasteiger partial charge in [-0.2, -0.15) is 0 Å². The van der Waals surface area contributed by atoms with Crippen molar-refractivity contribution < 1.29 is 13.9 Å². The molecule has 0 aliphatic carbocycles. The van der Waals surface area contributed by atoms with Gasteiger partial charge in [-0.3, -0.25) is 4.79 Å². The second-order valence-corrected chi connectivity index (χ2v) is 9.25. The molecule has 0 atom stereocenters. The van der Waals surface area contributed by atoms with Gasteiger partial charge in [0.05, 0.1) is 16.8 Å². The number of amides is 1. The first-order valence-electron chi connectivity index (χ1n) is 9.37. The molecule has 1 amide bonds. The van der Waals surface area contributed by atoms with Gasteiger partial charge in [0.1, 0.15) is 11.6 Å². The quantitative estimate of drug-likeness (QED) is 0.345. The Balaban J connectivity index is 1.52. The molecule has 8 heteroatoms. The number of carbonyl (C=O) groups is 1. The second-order valence-electron chi connectivity index (χ2n) is 6.88. The van der Waals surface area contributed by atoms with E-state index < -0.39 is 0 Å². The van der Waals surface area contributed by atoms with Crippen molar-refractivity contribution in [1.82, 2.24) is 4.98 Å². The monoisotopic (exact) mass is 510 g/mol. The Hall–Kier alpha value is -1.96. The van der Waals surface area contributed by atoms with E-state index in [0.29, 0.717) is 35.4 Å². The average molecular weight is 512 g/mol. The molecule has 2 aromatic carbocycles. The summed E-state index contributed by atoms with van der Waals surface area (Å²) in [6.45, 7) is 6.19. The molecule has 0 saturated heterocycles. The maximum Gasteiger partial charge on any atom is 0.226 e. The Morgan fingerprint density at radius 1 is 1.27 bits per heavy atom. The fraction of sp³-hybridized carbons (Fsp3) is 0.273. The van der Waals surface area contributed by atoms with Crippen LogP contribution in [0.3, 0.4) is 0 Å². The maximum atomic E-state index is 13.1. The molecule has 1 heterocycles. The first-order chi connectivity index (χ1) is 14.3. The molecule has 0 saturated carbocycles. The number of hydrogen-bond acceptors (Lipinski definition) is 4. The van der Waals surface area contributed by atoms with Gasteiger partial charge in [0, 0.05) is 21.9 Å². The summed E-state index contributed by atoms with van der Waals surface area (Å²) in [5, 5.41) is 4.08. The van der Waals surface area contributed by atoms with Gasteiger partial charge in [-0.1, -0.05) is 11.6 Å². The number of ether oxygens (including phenoxy) is 1. The minimum Gasteiger partial charge on any atom is -0.492 e. The Morgan fingerprint density at radius 2 is 1.97 bits per heavy atom. The van der Waals surface area contributed by atoms with E-state index in [1.54, 1.807) is 12.1 Å². The average Bonchev–Trinajstić information content (AvgIpc) is 3.07. The third-order valence-corrected chi connectivity index (χ3v) is 6.99. The highest BCUT2D eigenvalue weighted by molar-refractivity contribution is 9.10. The van der Waals surface area contributed by atoms with E-state index in [0.717, 1.165) is 31.7 Å². The van der Waals surface area contributed by atoms with Gasteiger partial charge in [0.15, 0.2) is 5.13 Å². The summed E-state index contributed by atoms with van der Waals surface area (Å²) in [7, 11) is 0. The minimum absolute atomic E-state index is 0.125. The molecule has 0 fully saturated rings. The molecular formula is C22H21BrClFN2O2S. The van der Waals surface area contributed by atoms with Crippen molar-refractivity contribution >= 4 is 49.9 Å².